The van der Waals surface area contributed by atoms with Crippen molar-refractivity contribution in [2.24, 2.45) is 7.05 Å². The Bertz CT molecular complexity index is 905. The Morgan fingerprint density at radius 3 is 2.69 bits per heavy atom. The zero-order chi connectivity index (χ0) is 17.9. The summed E-state index contributed by atoms with van der Waals surface area (Å²) in [7, 11) is 1.92. The van der Waals surface area contributed by atoms with Crippen LogP contribution in [0.5, 0.6) is 0 Å². The number of aryl methyl sites for hydroxylation is 1. The Morgan fingerprint density at radius 2 is 1.92 bits per heavy atom. The van der Waals surface area contributed by atoms with Crippen LogP contribution in [0, 0.1) is 0 Å². The van der Waals surface area contributed by atoms with Crippen molar-refractivity contribution >= 4 is 5.91 Å². The van der Waals surface area contributed by atoms with Gasteiger partial charge < -0.3 is 4.90 Å². The maximum Gasteiger partial charge on any atom is 0.273 e. The summed E-state index contributed by atoms with van der Waals surface area (Å²) >= 11 is 0. The number of aromatic nitrogens is 4. The van der Waals surface area contributed by atoms with Crippen LogP contribution in [-0.2, 0) is 7.05 Å². The van der Waals surface area contributed by atoms with E-state index in [0.29, 0.717) is 11.5 Å². The summed E-state index contributed by atoms with van der Waals surface area (Å²) in [6.07, 6.45) is 6.51. The number of benzene rings is 1. The first-order valence-corrected chi connectivity index (χ1v) is 8.91. The molecule has 0 radical (unpaired) electrons. The fourth-order valence-electron chi connectivity index (χ4n) is 3.54. The van der Waals surface area contributed by atoms with Gasteiger partial charge >= 0.3 is 0 Å². The molecule has 1 unspecified atom stereocenters. The highest BCUT2D eigenvalue weighted by Gasteiger charge is 2.31. The predicted octanol–water partition coefficient (Wildman–Crippen LogP) is 3.24. The first kappa shape index (κ1) is 16.4. The number of rotatable bonds is 3. The van der Waals surface area contributed by atoms with Gasteiger partial charge in [0.25, 0.3) is 5.91 Å². The minimum Gasteiger partial charge on any atom is -0.329 e. The van der Waals surface area contributed by atoms with E-state index in [4.69, 9.17) is 0 Å². The zero-order valence-corrected chi connectivity index (χ0v) is 14.7. The van der Waals surface area contributed by atoms with Crippen molar-refractivity contribution in [1.29, 1.82) is 0 Å². The van der Waals surface area contributed by atoms with Crippen molar-refractivity contribution in [3.8, 4) is 11.4 Å². The molecule has 132 valence electrons. The molecular formula is C20H21N5O. The normalized spacial score (nSPS) is 17.3. The molecule has 0 saturated carbocycles. The Labute approximate surface area is 152 Å². The first-order valence-electron chi connectivity index (χ1n) is 8.91. The molecular weight excluding hydrogens is 326 g/mol. The zero-order valence-electron chi connectivity index (χ0n) is 14.7. The second kappa shape index (κ2) is 7.07. The SMILES string of the molecule is Cn1nccc1C1CCCCN1C(=O)c1ccnc(-c2ccccc2)n1. The van der Waals surface area contributed by atoms with Gasteiger partial charge in [-0.1, -0.05) is 30.3 Å². The van der Waals surface area contributed by atoms with Gasteiger partial charge in [-0.05, 0) is 31.4 Å². The lowest BCUT2D eigenvalue weighted by Crippen LogP contribution is -2.39. The molecule has 0 N–H and O–H groups in total. The lowest BCUT2D eigenvalue weighted by molar-refractivity contribution is 0.0595. The number of hydrogen-bond donors (Lipinski definition) is 0. The number of nitrogens with zero attached hydrogens (tertiary/aromatic N) is 5. The molecule has 1 aliphatic rings. The second-order valence-corrected chi connectivity index (χ2v) is 6.52. The van der Waals surface area contributed by atoms with Gasteiger partial charge in [0.2, 0.25) is 0 Å². The van der Waals surface area contributed by atoms with Gasteiger partial charge in [-0.15, -0.1) is 0 Å². The second-order valence-electron chi connectivity index (χ2n) is 6.52. The molecule has 0 aliphatic carbocycles. The fraction of sp³-hybridized carbons (Fsp3) is 0.300. The number of hydrogen-bond acceptors (Lipinski definition) is 4. The van der Waals surface area contributed by atoms with Crippen molar-refractivity contribution in [3.63, 3.8) is 0 Å². The van der Waals surface area contributed by atoms with Crippen LogP contribution in [0.2, 0.25) is 0 Å². The third kappa shape index (κ3) is 3.10. The predicted molar refractivity (Wildman–Crippen MR) is 98.3 cm³/mol. The number of likely N-dealkylation sites (tertiary alicyclic amines) is 1. The average molecular weight is 347 g/mol. The van der Waals surface area contributed by atoms with E-state index in [2.05, 4.69) is 15.1 Å². The molecule has 1 saturated heterocycles. The van der Waals surface area contributed by atoms with E-state index in [1.165, 1.54) is 0 Å². The largest absolute Gasteiger partial charge is 0.329 e. The van der Waals surface area contributed by atoms with Crippen LogP contribution in [0.25, 0.3) is 11.4 Å². The maximum absolute atomic E-state index is 13.2. The van der Waals surface area contributed by atoms with Gasteiger partial charge in [-0.3, -0.25) is 9.48 Å². The fourth-order valence-corrected chi connectivity index (χ4v) is 3.54. The molecule has 2 aromatic heterocycles. The van der Waals surface area contributed by atoms with Crippen LogP contribution in [-0.4, -0.2) is 37.1 Å². The summed E-state index contributed by atoms with van der Waals surface area (Å²) in [4.78, 5) is 24.0. The smallest absolute Gasteiger partial charge is 0.273 e. The molecule has 1 atom stereocenters. The van der Waals surface area contributed by atoms with Crippen LogP contribution >= 0.6 is 0 Å². The molecule has 6 heteroatoms. The molecule has 3 aromatic rings. The first-order chi connectivity index (χ1) is 12.7. The van der Waals surface area contributed by atoms with Crippen molar-refractivity contribution in [3.05, 3.63) is 66.2 Å². The molecule has 1 aliphatic heterocycles. The summed E-state index contributed by atoms with van der Waals surface area (Å²) in [6.45, 7) is 0.735. The summed E-state index contributed by atoms with van der Waals surface area (Å²) in [5.41, 5.74) is 2.41. The van der Waals surface area contributed by atoms with Gasteiger partial charge in [0.15, 0.2) is 5.82 Å². The topological polar surface area (TPSA) is 63.9 Å². The molecule has 1 amide bonds. The van der Waals surface area contributed by atoms with E-state index < -0.39 is 0 Å². The quantitative estimate of drug-likeness (QED) is 0.730. The highest BCUT2D eigenvalue weighted by molar-refractivity contribution is 5.93. The van der Waals surface area contributed by atoms with E-state index in [0.717, 1.165) is 37.1 Å². The molecule has 0 bridgehead atoms. The Balaban J connectivity index is 1.65. The molecule has 1 aromatic carbocycles. The van der Waals surface area contributed by atoms with Gasteiger partial charge in [0, 0.05) is 31.5 Å². The van der Waals surface area contributed by atoms with Crippen molar-refractivity contribution in [2.75, 3.05) is 6.54 Å². The number of carbonyl (C=O) groups is 1. The molecule has 4 rings (SSSR count). The van der Waals surface area contributed by atoms with Gasteiger partial charge in [0.05, 0.1) is 11.7 Å². The molecule has 0 spiro atoms. The molecule has 3 heterocycles. The lowest BCUT2D eigenvalue weighted by Gasteiger charge is -2.35. The van der Waals surface area contributed by atoms with Gasteiger partial charge in [-0.25, -0.2) is 9.97 Å². The molecule has 26 heavy (non-hydrogen) atoms. The van der Waals surface area contributed by atoms with E-state index in [1.807, 2.05) is 53.0 Å². The van der Waals surface area contributed by atoms with Crippen LogP contribution in [0.15, 0.2) is 54.9 Å². The number of piperidine rings is 1. The Hall–Kier alpha value is -3.02. The standard InChI is InChI=1S/C20H21N5O/c1-24-17(11-13-22-24)18-9-5-6-14-25(18)20(26)16-10-12-21-19(23-16)15-7-3-2-4-8-15/h2-4,7-8,10-13,18H,5-6,9,14H2,1H3. The summed E-state index contributed by atoms with van der Waals surface area (Å²) in [5, 5.41) is 4.27. The summed E-state index contributed by atoms with van der Waals surface area (Å²) in [6, 6.07) is 13.5. The minimum absolute atomic E-state index is 0.0406. The van der Waals surface area contributed by atoms with E-state index in [-0.39, 0.29) is 11.9 Å². The van der Waals surface area contributed by atoms with E-state index in [9.17, 15) is 4.79 Å². The number of carbonyl (C=O) groups excluding carboxylic acids is 1. The van der Waals surface area contributed by atoms with Crippen LogP contribution < -0.4 is 0 Å². The van der Waals surface area contributed by atoms with E-state index >= 15 is 0 Å². The third-order valence-corrected chi connectivity index (χ3v) is 4.87. The van der Waals surface area contributed by atoms with E-state index in [1.54, 1.807) is 18.5 Å². The maximum atomic E-state index is 13.2. The van der Waals surface area contributed by atoms with Gasteiger partial charge in [-0.2, -0.15) is 5.10 Å². The highest BCUT2D eigenvalue weighted by atomic mass is 16.2. The van der Waals surface area contributed by atoms with Crippen molar-refractivity contribution in [1.82, 2.24) is 24.6 Å². The highest BCUT2D eigenvalue weighted by Crippen LogP contribution is 2.31. The summed E-state index contributed by atoms with van der Waals surface area (Å²) in [5.74, 6) is 0.529. The lowest BCUT2D eigenvalue weighted by atomic mass is 9.98. The summed E-state index contributed by atoms with van der Waals surface area (Å²) < 4.78 is 1.85. The number of amides is 1. The third-order valence-electron chi connectivity index (χ3n) is 4.87. The molecule has 1 fully saturated rings. The average Bonchev–Trinajstić information content (AvgIpc) is 3.14. The molecule has 6 nitrogen and oxygen atoms in total. The van der Waals surface area contributed by atoms with Crippen LogP contribution in [0.1, 0.15) is 41.5 Å². The van der Waals surface area contributed by atoms with Crippen molar-refractivity contribution in [2.45, 2.75) is 25.3 Å². The van der Waals surface area contributed by atoms with Gasteiger partial charge in [0.1, 0.15) is 5.69 Å². The monoisotopic (exact) mass is 347 g/mol. The van der Waals surface area contributed by atoms with Crippen LogP contribution in [0.4, 0.5) is 0 Å². The van der Waals surface area contributed by atoms with Crippen molar-refractivity contribution < 1.29 is 4.79 Å². The minimum atomic E-state index is -0.0459. The van der Waals surface area contributed by atoms with Crippen LogP contribution in [0.3, 0.4) is 0 Å². The Morgan fingerprint density at radius 1 is 1.08 bits per heavy atom. The Kier molecular flexibility index (Phi) is 4.48.